The molecule has 1 amide bonds. The molecule has 114 valence electrons. The van der Waals surface area contributed by atoms with Gasteiger partial charge in [0.2, 0.25) is 0 Å². The Kier molecular flexibility index (Phi) is 4.49. The topological polar surface area (TPSA) is 47.6 Å². The first-order chi connectivity index (χ1) is 10.7. The van der Waals surface area contributed by atoms with Crippen LogP contribution in [0.4, 0.5) is 0 Å². The second-order valence-corrected chi connectivity index (χ2v) is 5.40. The van der Waals surface area contributed by atoms with Gasteiger partial charge in [-0.1, -0.05) is 29.8 Å². The summed E-state index contributed by atoms with van der Waals surface area (Å²) in [6, 6.07) is 12.7. The van der Waals surface area contributed by atoms with E-state index in [1.165, 1.54) is 0 Å². The molecular formula is C17H16ClNO3. The summed E-state index contributed by atoms with van der Waals surface area (Å²) >= 11 is 6.02. The molecule has 1 aliphatic heterocycles. The number of hydrogen-bond acceptors (Lipinski definition) is 3. The maximum Gasteiger partial charge on any atom is 0.253 e. The molecule has 1 heterocycles. The van der Waals surface area contributed by atoms with Crippen molar-refractivity contribution in [1.82, 2.24) is 5.32 Å². The van der Waals surface area contributed by atoms with Gasteiger partial charge in [-0.2, -0.15) is 0 Å². The van der Waals surface area contributed by atoms with Crippen molar-refractivity contribution in [3.05, 3.63) is 58.6 Å². The molecule has 0 atom stereocenters. The first-order valence-corrected chi connectivity index (χ1v) is 7.53. The minimum absolute atomic E-state index is 0.197. The van der Waals surface area contributed by atoms with Crippen molar-refractivity contribution in [1.29, 1.82) is 0 Å². The van der Waals surface area contributed by atoms with Gasteiger partial charge in [0.1, 0.15) is 0 Å². The Bertz CT molecular complexity index is 687. The molecule has 2 aromatic rings. The predicted octanol–water partition coefficient (Wildman–Crippen LogP) is 3.43. The Morgan fingerprint density at radius 2 is 1.86 bits per heavy atom. The van der Waals surface area contributed by atoms with Crippen molar-refractivity contribution in [2.45, 2.75) is 13.0 Å². The SMILES string of the molecule is O=C(NCc1ccc2c(c1)OCCCO2)c1ccccc1Cl. The zero-order valence-electron chi connectivity index (χ0n) is 12.0. The van der Waals surface area contributed by atoms with E-state index in [-0.39, 0.29) is 5.91 Å². The van der Waals surface area contributed by atoms with Crippen LogP contribution in [-0.2, 0) is 6.54 Å². The molecule has 22 heavy (non-hydrogen) atoms. The highest BCUT2D eigenvalue weighted by Gasteiger charge is 2.12. The van der Waals surface area contributed by atoms with E-state index in [9.17, 15) is 4.79 Å². The molecule has 0 saturated carbocycles. The van der Waals surface area contributed by atoms with Crippen LogP contribution in [0.5, 0.6) is 11.5 Å². The Balaban J connectivity index is 1.68. The summed E-state index contributed by atoms with van der Waals surface area (Å²) in [5.41, 5.74) is 1.42. The van der Waals surface area contributed by atoms with Crippen molar-refractivity contribution in [2.75, 3.05) is 13.2 Å². The summed E-state index contributed by atoms with van der Waals surface area (Å²) in [7, 11) is 0. The standard InChI is InChI=1S/C17H16ClNO3/c18-14-5-2-1-4-13(14)17(20)19-11-12-6-7-15-16(10-12)22-9-3-8-21-15/h1-2,4-7,10H,3,8-9,11H2,(H,19,20). The van der Waals surface area contributed by atoms with Crippen molar-refractivity contribution in [2.24, 2.45) is 0 Å². The molecule has 5 heteroatoms. The number of ether oxygens (including phenoxy) is 2. The van der Waals surface area contributed by atoms with Crippen LogP contribution in [0.1, 0.15) is 22.3 Å². The van der Waals surface area contributed by atoms with Gasteiger partial charge < -0.3 is 14.8 Å². The number of benzene rings is 2. The minimum Gasteiger partial charge on any atom is -0.490 e. The predicted molar refractivity (Wildman–Crippen MR) is 84.7 cm³/mol. The molecular weight excluding hydrogens is 302 g/mol. The molecule has 4 nitrogen and oxygen atoms in total. The Hall–Kier alpha value is -2.20. The summed E-state index contributed by atoms with van der Waals surface area (Å²) in [6.45, 7) is 1.71. The van der Waals surface area contributed by atoms with Crippen molar-refractivity contribution in [3.63, 3.8) is 0 Å². The van der Waals surface area contributed by atoms with E-state index in [2.05, 4.69) is 5.32 Å². The summed E-state index contributed by atoms with van der Waals surface area (Å²) < 4.78 is 11.2. The van der Waals surface area contributed by atoms with Crippen molar-refractivity contribution < 1.29 is 14.3 Å². The molecule has 0 radical (unpaired) electrons. The molecule has 0 aliphatic carbocycles. The molecule has 0 unspecified atom stereocenters. The van der Waals surface area contributed by atoms with Gasteiger partial charge in [-0.15, -0.1) is 0 Å². The van der Waals surface area contributed by atoms with Gasteiger partial charge in [0.25, 0.3) is 5.91 Å². The smallest absolute Gasteiger partial charge is 0.253 e. The minimum atomic E-state index is -0.197. The first kappa shape index (κ1) is 14.7. The lowest BCUT2D eigenvalue weighted by molar-refractivity contribution is 0.0951. The highest BCUT2D eigenvalue weighted by molar-refractivity contribution is 6.33. The third kappa shape index (κ3) is 3.34. The van der Waals surface area contributed by atoms with Gasteiger partial charge in [0.05, 0.1) is 23.8 Å². The van der Waals surface area contributed by atoms with Gasteiger partial charge in [-0.25, -0.2) is 0 Å². The molecule has 3 rings (SSSR count). The molecule has 0 saturated heterocycles. The van der Waals surface area contributed by atoms with E-state index in [1.807, 2.05) is 18.2 Å². The monoisotopic (exact) mass is 317 g/mol. The first-order valence-electron chi connectivity index (χ1n) is 7.15. The van der Waals surface area contributed by atoms with Crippen LogP contribution in [0.15, 0.2) is 42.5 Å². The average Bonchev–Trinajstić information content (AvgIpc) is 2.78. The van der Waals surface area contributed by atoms with Crippen molar-refractivity contribution >= 4 is 17.5 Å². The second-order valence-electron chi connectivity index (χ2n) is 4.99. The maximum atomic E-state index is 12.1. The number of fused-ring (bicyclic) bond motifs is 1. The van der Waals surface area contributed by atoms with Crippen LogP contribution >= 0.6 is 11.6 Å². The molecule has 2 aromatic carbocycles. The van der Waals surface area contributed by atoms with Gasteiger partial charge in [0, 0.05) is 13.0 Å². The number of carbonyl (C=O) groups excluding carboxylic acids is 1. The lowest BCUT2D eigenvalue weighted by Gasteiger charge is -2.10. The van der Waals surface area contributed by atoms with Crippen LogP contribution in [-0.4, -0.2) is 19.1 Å². The zero-order chi connectivity index (χ0) is 15.4. The number of carbonyl (C=O) groups is 1. The van der Waals surface area contributed by atoms with E-state index < -0.39 is 0 Å². The van der Waals surface area contributed by atoms with Crippen LogP contribution in [0.2, 0.25) is 5.02 Å². The van der Waals surface area contributed by atoms with E-state index >= 15 is 0 Å². The average molecular weight is 318 g/mol. The van der Waals surface area contributed by atoms with Crippen LogP contribution < -0.4 is 14.8 Å². The third-order valence-corrected chi connectivity index (χ3v) is 3.71. The van der Waals surface area contributed by atoms with Crippen LogP contribution in [0, 0.1) is 0 Å². The van der Waals surface area contributed by atoms with Gasteiger partial charge >= 0.3 is 0 Å². The quantitative estimate of drug-likeness (QED) is 0.943. The highest BCUT2D eigenvalue weighted by atomic mass is 35.5. The van der Waals surface area contributed by atoms with Crippen LogP contribution in [0.25, 0.3) is 0 Å². The van der Waals surface area contributed by atoms with E-state index in [4.69, 9.17) is 21.1 Å². The fourth-order valence-electron chi connectivity index (χ4n) is 2.24. The third-order valence-electron chi connectivity index (χ3n) is 3.38. The summed E-state index contributed by atoms with van der Waals surface area (Å²) in [4.78, 5) is 12.1. The zero-order valence-corrected chi connectivity index (χ0v) is 12.7. The molecule has 0 spiro atoms. The van der Waals surface area contributed by atoms with Gasteiger partial charge in [-0.05, 0) is 29.8 Å². The van der Waals surface area contributed by atoms with Crippen LogP contribution in [0.3, 0.4) is 0 Å². The molecule has 1 aliphatic rings. The number of hydrogen-bond donors (Lipinski definition) is 1. The highest BCUT2D eigenvalue weighted by Crippen LogP contribution is 2.30. The molecule has 0 fully saturated rings. The number of halogens is 1. The lowest BCUT2D eigenvalue weighted by Crippen LogP contribution is -2.23. The summed E-state index contributed by atoms with van der Waals surface area (Å²) in [6.07, 6.45) is 0.868. The maximum absolute atomic E-state index is 12.1. The van der Waals surface area contributed by atoms with E-state index in [0.717, 1.165) is 23.5 Å². The fraction of sp³-hybridized carbons (Fsp3) is 0.235. The molecule has 0 bridgehead atoms. The van der Waals surface area contributed by atoms with E-state index in [0.29, 0.717) is 30.3 Å². The second kappa shape index (κ2) is 6.71. The Morgan fingerprint density at radius 3 is 2.68 bits per heavy atom. The van der Waals surface area contributed by atoms with Gasteiger partial charge in [0.15, 0.2) is 11.5 Å². The largest absolute Gasteiger partial charge is 0.490 e. The Morgan fingerprint density at radius 1 is 1.09 bits per heavy atom. The normalized spacial score (nSPS) is 13.3. The van der Waals surface area contributed by atoms with Crippen molar-refractivity contribution in [3.8, 4) is 11.5 Å². The molecule has 0 aromatic heterocycles. The Labute approximate surface area is 134 Å². The summed E-state index contributed by atoms with van der Waals surface area (Å²) in [5.74, 6) is 1.28. The number of rotatable bonds is 3. The van der Waals surface area contributed by atoms with Gasteiger partial charge in [-0.3, -0.25) is 4.79 Å². The fourth-order valence-corrected chi connectivity index (χ4v) is 2.46. The number of amides is 1. The lowest BCUT2D eigenvalue weighted by atomic mass is 10.1. The molecule has 1 N–H and O–H groups in total. The number of nitrogens with one attached hydrogen (secondary N) is 1. The summed E-state index contributed by atoms with van der Waals surface area (Å²) in [5, 5.41) is 3.30. The van der Waals surface area contributed by atoms with E-state index in [1.54, 1.807) is 24.3 Å².